The minimum absolute atomic E-state index is 0.0171. The van der Waals surface area contributed by atoms with E-state index in [1.54, 1.807) is 0 Å². The van der Waals surface area contributed by atoms with E-state index in [1.165, 1.54) is 0 Å². The van der Waals surface area contributed by atoms with Crippen LogP contribution in [-0.2, 0) is 0 Å². The molecule has 1 aliphatic rings. The predicted octanol–water partition coefficient (Wildman–Crippen LogP) is 1.92. The number of nitrogens with zero attached hydrogens (tertiary/aromatic N) is 1. The second-order valence-electron chi connectivity index (χ2n) is 4.94. The third kappa shape index (κ3) is 3.36. The van der Waals surface area contributed by atoms with Crippen molar-refractivity contribution in [3.63, 3.8) is 0 Å². The Morgan fingerprint density at radius 1 is 1.55 bits per heavy atom. The zero-order valence-corrected chi connectivity index (χ0v) is 12.7. The zero-order valence-electron chi connectivity index (χ0n) is 11.8. The Hall–Kier alpha value is -1.44. The van der Waals surface area contributed by atoms with Gasteiger partial charge in [0.25, 0.3) is 5.91 Å². The molecule has 1 aromatic rings. The molecule has 3 nitrogen and oxygen atoms in total. The number of aryl methyl sites for hydroxylation is 1. The van der Waals surface area contributed by atoms with Crippen LogP contribution in [0.25, 0.3) is 0 Å². The van der Waals surface area contributed by atoms with E-state index in [1.807, 2.05) is 48.8 Å². The lowest BCUT2D eigenvalue weighted by Gasteiger charge is -2.24. The van der Waals surface area contributed by atoms with Crippen molar-refractivity contribution < 1.29 is 9.90 Å². The Morgan fingerprint density at radius 2 is 2.35 bits per heavy atom. The highest BCUT2D eigenvalue weighted by molar-refractivity contribution is 7.99. The largest absolute Gasteiger partial charge is 0.384 e. The maximum Gasteiger partial charge on any atom is 0.255 e. The third-order valence-corrected chi connectivity index (χ3v) is 4.63. The molecular formula is C16H19NO2S. The molecule has 0 bridgehead atoms. The quantitative estimate of drug-likeness (QED) is 0.846. The summed E-state index contributed by atoms with van der Waals surface area (Å²) in [5, 5.41) is 8.82. The van der Waals surface area contributed by atoms with Gasteiger partial charge < -0.3 is 10.0 Å². The molecule has 4 heteroatoms. The molecule has 20 heavy (non-hydrogen) atoms. The molecule has 1 aromatic carbocycles. The van der Waals surface area contributed by atoms with Gasteiger partial charge >= 0.3 is 0 Å². The third-order valence-electron chi connectivity index (χ3n) is 3.48. The Morgan fingerprint density at radius 3 is 3.00 bits per heavy atom. The van der Waals surface area contributed by atoms with Gasteiger partial charge in [0.15, 0.2) is 0 Å². The van der Waals surface area contributed by atoms with Gasteiger partial charge in [-0.3, -0.25) is 4.79 Å². The predicted molar refractivity (Wildman–Crippen MR) is 83.0 cm³/mol. The lowest BCUT2D eigenvalue weighted by atomic mass is 10.0. The average molecular weight is 289 g/mol. The van der Waals surface area contributed by atoms with Gasteiger partial charge in [0.05, 0.1) is 5.56 Å². The van der Waals surface area contributed by atoms with Gasteiger partial charge in [-0.1, -0.05) is 23.5 Å². The highest BCUT2D eigenvalue weighted by Crippen LogP contribution is 2.23. The van der Waals surface area contributed by atoms with E-state index in [0.717, 1.165) is 23.5 Å². The molecule has 1 fully saturated rings. The normalized spacial score (nSPS) is 17.4. The topological polar surface area (TPSA) is 40.5 Å². The Kier molecular flexibility index (Phi) is 5.11. The van der Waals surface area contributed by atoms with Gasteiger partial charge in [-0.15, -0.1) is 0 Å². The summed E-state index contributed by atoms with van der Waals surface area (Å²) in [6.45, 7) is 1.77. The van der Waals surface area contributed by atoms with Crippen molar-refractivity contribution in [3.05, 3.63) is 34.9 Å². The van der Waals surface area contributed by atoms with Crippen molar-refractivity contribution in [2.75, 3.05) is 25.2 Å². The molecule has 1 heterocycles. The fourth-order valence-corrected chi connectivity index (χ4v) is 3.53. The van der Waals surface area contributed by atoms with Crippen molar-refractivity contribution in [1.29, 1.82) is 0 Å². The summed E-state index contributed by atoms with van der Waals surface area (Å²) in [4.78, 5) is 14.5. The molecule has 1 N–H and O–H groups in total. The van der Waals surface area contributed by atoms with E-state index >= 15 is 0 Å². The van der Waals surface area contributed by atoms with Gasteiger partial charge in [-0.05, 0) is 31.2 Å². The lowest BCUT2D eigenvalue weighted by Crippen LogP contribution is -2.37. The van der Waals surface area contributed by atoms with Crippen molar-refractivity contribution in [3.8, 4) is 11.8 Å². The molecule has 1 unspecified atom stereocenters. The second-order valence-corrected chi connectivity index (χ2v) is 6.09. The number of aliphatic hydroxyl groups excluding tert-OH is 1. The molecule has 0 radical (unpaired) electrons. The summed E-state index contributed by atoms with van der Waals surface area (Å²) >= 11 is 1.89. The SMILES string of the molecule is Cc1ccc(C#CCO)c(C(=O)N(C)C2CCSC2)c1. The van der Waals surface area contributed by atoms with Gasteiger partial charge in [-0.25, -0.2) is 0 Å². The van der Waals surface area contributed by atoms with Crippen LogP contribution in [0.2, 0.25) is 0 Å². The number of amides is 1. The van der Waals surface area contributed by atoms with E-state index in [2.05, 4.69) is 11.8 Å². The summed E-state index contributed by atoms with van der Waals surface area (Å²) < 4.78 is 0. The number of carbonyl (C=O) groups excluding carboxylic acids is 1. The van der Waals surface area contributed by atoms with E-state index < -0.39 is 0 Å². The number of rotatable bonds is 2. The standard InChI is InChI=1S/C16H19NO2S/c1-12-5-6-13(4-3-8-18)15(10-12)16(19)17(2)14-7-9-20-11-14/h5-6,10,14,18H,7-9,11H2,1-2H3. The van der Waals surface area contributed by atoms with Crippen molar-refractivity contribution in [2.45, 2.75) is 19.4 Å². The van der Waals surface area contributed by atoms with Gasteiger partial charge in [0.1, 0.15) is 6.61 Å². The van der Waals surface area contributed by atoms with Crippen molar-refractivity contribution >= 4 is 17.7 Å². The first-order valence-electron chi connectivity index (χ1n) is 6.68. The number of hydrogen-bond acceptors (Lipinski definition) is 3. The molecule has 0 aromatic heterocycles. The van der Waals surface area contributed by atoms with Crippen LogP contribution >= 0.6 is 11.8 Å². The molecule has 1 amide bonds. The summed E-state index contributed by atoms with van der Waals surface area (Å²) in [6.07, 6.45) is 1.05. The number of thioether (sulfide) groups is 1. The van der Waals surface area contributed by atoms with E-state index in [-0.39, 0.29) is 12.5 Å². The molecule has 0 saturated carbocycles. The van der Waals surface area contributed by atoms with Gasteiger partial charge in [0.2, 0.25) is 0 Å². The first kappa shape index (κ1) is 15.0. The van der Waals surface area contributed by atoms with Crippen molar-refractivity contribution in [1.82, 2.24) is 4.90 Å². The van der Waals surface area contributed by atoms with Crippen LogP contribution in [0.15, 0.2) is 18.2 Å². The van der Waals surface area contributed by atoms with Crippen LogP contribution in [-0.4, -0.2) is 47.1 Å². The number of carbonyl (C=O) groups is 1. The first-order valence-corrected chi connectivity index (χ1v) is 7.84. The Balaban J connectivity index is 2.29. The fourth-order valence-electron chi connectivity index (χ4n) is 2.26. The Labute approximate surface area is 124 Å². The van der Waals surface area contributed by atoms with E-state index in [0.29, 0.717) is 17.2 Å². The smallest absolute Gasteiger partial charge is 0.255 e. The van der Waals surface area contributed by atoms with Gasteiger partial charge in [0, 0.05) is 24.4 Å². The lowest BCUT2D eigenvalue weighted by molar-refractivity contribution is 0.0747. The molecule has 0 aliphatic carbocycles. The highest BCUT2D eigenvalue weighted by Gasteiger charge is 2.25. The minimum atomic E-state index is -0.198. The molecule has 0 spiro atoms. The fraction of sp³-hybridized carbons (Fsp3) is 0.438. The average Bonchev–Trinajstić information content (AvgIpc) is 2.98. The zero-order chi connectivity index (χ0) is 14.5. The monoisotopic (exact) mass is 289 g/mol. The molecule has 1 saturated heterocycles. The van der Waals surface area contributed by atoms with E-state index in [4.69, 9.17) is 5.11 Å². The maximum atomic E-state index is 12.7. The number of benzene rings is 1. The summed E-state index contributed by atoms with van der Waals surface area (Å²) in [7, 11) is 1.87. The van der Waals surface area contributed by atoms with Gasteiger partial charge in [-0.2, -0.15) is 11.8 Å². The molecule has 106 valence electrons. The van der Waals surface area contributed by atoms with Crippen LogP contribution in [0.4, 0.5) is 0 Å². The second kappa shape index (κ2) is 6.83. The molecular weight excluding hydrogens is 270 g/mol. The maximum absolute atomic E-state index is 12.7. The summed E-state index contributed by atoms with van der Waals surface area (Å²) in [5.41, 5.74) is 2.36. The highest BCUT2D eigenvalue weighted by atomic mass is 32.2. The van der Waals surface area contributed by atoms with Crippen molar-refractivity contribution in [2.24, 2.45) is 0 Å². The number of aliphatic hydroxyl groups is 1. The van der Waals surface area contributed by atoms with Crippen LogP contribution in [0, 0.1) is 18.8 Å². The molecule has 1 atom stereocenters. The molecule has 1 aliphatic heterocycles. The Bertz CT molecular complexity index is 553. The van der Waals surface area contributed by atoms with E-state index in [9.17, 15) is 4.79 Å². The molecule has 2 rings (SSSR count). The first-order chi connectivity index (χ1) is 9.63. The number of hydrogen-bond donors (Lipinski definition) is 1. The minimum Gasteiger partial charge on any atom is -0.384 e. The van der Waals surface area contributed by atoms with Crippen LogP contribution in [0.1, 0.15) is 27.9 Å². The van der Waals surface area contributed by atoms with Crippen LogP contribution in [0.3, 0.4) is 0 Å². The van der Waals surface area contributed by atoms with Crippen LogP contribution in [0.5, 0.6) is 0 Å². The van der Waals surface area contributed by atoms with Crippen LogP contribution < -0.4 is 0 Å². The summed E-state index contributed by atoms with van der Waals surface area (Å²) in [5.74, 6) is 7.62. The summed E-state index contributed by atoms with van der Waals surface area (Å²) in [6, 6.07) is 5.97.